The van der Waals surface area contributed by atoms with E-state index in [0.717, 1.165) is 18.7 Å². The minimum atomic E-state index is 0.118. The van der Waals surface area contributed by atoms with Gasteiger partial charge >= 0.3 is 0 Å². The Morgan fingerprint density at radius 2 is 2.29 bits per heavy atom. The second-order valence-corrected chi connectivity index (χ2v) is 4.33. The van der Waals surface area contributed by atoms with Gasteiger partial charge in [0.25, 0.3) is 0 Å². The summed E-state index contributed by atoms with van der Waals surface area (Å²) in [5, 5.41) is 0. The number of fused-ring (bicyclic) bond motifs is 1. The van der Waals surface area contributed by atoms with Crippen molar-refractivity contribution in [3.8, 4) is 0 Å². The van der Waals surface area contributed by atoms with Crippen molar-refractivity contribution in [1.29, 1.82) is 0 Å². The SMILES string of the molecule is C=CCC(=O)N1CC(CCN)c2ccccc21. The van der Waals surface area contributed by atoms with Crippen LogP contribution in [0.25, 0.3) is 0 Å². The molecular weight excluding hydrogens is 212 g/mol. The molecule has 2 rings (SSSR count). The fourth-order valence-corrected chi connectivity index (χ4v) is 2.41. The maximum Gasteiger partial charge on any atom is 0.230 e. The molecule has 3 nitrogen and oxygen atoms in total. The van der Waals surface area contributed by atoms with Crippen molar-refractivity contribution in [3.63, 3.8) is 0 Å². The lowest BCUT2D eigenvalue weighted by Gasteiger charge is -2.16. The third-order valence-corrected chi connectivity index (χ3v) is 3.21. The summed E-state index contributed by atoms with van der Waals surface area (Å²) in [4.78, 5) is 13.8. The number of amides is 1. The second kappa shape index (κ2) is 5.15. The highest BCUT2D eigenvalue weighted by molar-refractivity contribution is 5.96. The lowest BCUT2D eigenvalue weighted by atomic mass is 9.98. The molecule has 0 aromatic heterocycles. The van der Waals surface area contributed by atoms with E-state index in [4.69, 9.17) is 5.73 Å². The molecule has 1 heterocycles. The van der Waals surface area contributed by atoms with Crippen LogP contribution in [-0.4, -0.2) is 19.0 Å². The van der Waals surface area contributed by atoms with Gasteiger partial charge in [0.05, 0.1) is 0 Å². The lowest BCUT2D eigenvalue weighted by molar-refractivity contribution is -0.117. The maximum absolute atomic E-state index is 12.0. The number of para-hydroxylation sites is 1. The zero-order valence-corrected chi connectivity index (χ0v) is 9.93. The third-order valence-electron chi connectivity index (χ3n) is 3.21. The van der Waals surface area contributed by atoms with Crippen LogP contribution in [0, 0.1) is 0 Å². The number of rotatable bonds is 4. The van der Waals surface area contributed by atoms with Crippen molar-refractivity contribution in [2.45, 2.75) is 18.8 Å². The van der Waals surface area contributed by atoms with Crippen LogP contribution in [0.5, 0.6) is 0 Å². The number of nitrogens with zero attached hydrogens (tertiary/aromatic N) is 1. The Kier molecular flexibility index (Phi) is 3.59. The third kappa shape index (κ3) is 2.24. The van der Waals surface area contributed by atoms with Crippen molar-refractivity contribution in [1.82, 2.24) is 0 Å². The van der Waals surface area contributed by atoms with E-state index in [1.807, 2.05) is 23.1 Å². The van der Waals surface area contributed by atoms with Crippen molar-refractivity contribution in [2.24, 2.45) is 5.73 Å². The average Bonchev–Trinajstić information content (AvgIpc) is 2.70. The van der Waals surface area contributed by atoms with Gasteiger partial charge < -0.3 is 10.6 Å². The molecule has 0 saturated carbocycles. The van der Waals surface area contributed by atoms with Crippen molar-refractivity contribution >= 4 is 11.6 Å². The van der Waals surface area contributed by atoms with Crippen LogP contribution >= 0.6 is 0 Å². The number of hydrogen-bond donors (Lipinski definition) is 1. The topological polar surface area (TPSA) is 46.3 Å². The molecule has 0 aliphatic carbocycles. The van der Waals surface area contributed by atoms with Crippen LogP contribution in [-0.2, 0) is 4.79 Å². The molecule has 1 aliphatic heterocycles. The van der Waals surface area contributed by atoms with E-state index in [-0.39, 0.29) is 5.91 Å². The minimum absolute atomic E-state index is 0.118. The molecule has 1 atom stereocenters. The van der Waals surface area contributed by atoms with E-state index >= 15 is 0 Å². The molecular formula is C14H18N2O. The summed E-state index contributed by atoms with van der Waals surface area (Å²) in [5.41, 5.74) is 7.91. The van der Waals surface area contributed by atoms with Gasteiger partial charge in [-0.15, -0.1) is 6.58 Å². The van der Waals surface area contributed by atoms with Crippen molar-refractivity contribution in [2.75, 3.05) is 18.0 Å². The van der Waals surface area contributed by atoms with E-state index in [2.05, 4.69) is 12.6 Å². The van der Waals surface area contributed by atoms with Gasteiger partial charge in [-0.2, -0.15) is 0 Å². The van der Waals surface area contributed by atoms with Gasteiger partial charge in [-0.25, -0.2) is 0 Å². The molecule has 1 amide bonds. The molecule has 0 radical (unpaired) electrons. The highest BCUT2D eigenvalue weighted by Crippen LogP contribution is 2.37. The van der Waals surface area contributed by atoms with Crippen LogP contribution in [0.1, 0.15) is 24.3 Å². The van der Waals surface area contributed by atoms with Gasteiger partial charge in [-0.05, 0) is 24.6 Å². The maximum atomic E-state index is 12.0. The first-order chi connectivity index (χ1) is 8.27. The largest absolute Gasteiger partial charge is 0.330 e. The summed E-state index contributed by atoms with van der Waals surface area (Å²) in [7, 11) is 0. The monoisotopic (exact) mass is 230 g/mol. The molecule has 0 fully saturated rings. The molecule has 1 aliphatic rings. The first-order valence-corrected chi connectivity index (χ1v) is 5.98. The number of anilines is 1. The number of hydrogen-bond acceptors (Lipinski definition) is 2. The molecule has 90 valence electrons. The summed E-state index contributed by atoms with van der Waals surface area (Å²) >= 11 is 0. The number of benzene rings is 1. The average molecular weight is 230 g/mol. The Bertz CT molecular complexity index is 428. The van der Waals surface area contributed by atoms with Crippen LogP contribution in [0.15, 0.2) is 36.9 Å². The zero-order valence-electron chi connectivity index (χ0n) is 9.93. The molecule has 1 aromatic carbocycles. The van der Waals surface area contributed by atoms with Gasteiger partial charge in [0.2, 0.25) is 5.91 Å². The minimum Gasteiger partial charge on any atom is -0.330 e. The summed E-state index contributed by atoms with van der Waals surface area (Å²) in [6, 6.07) is 8.09. The van der Waals surface area contributed by atoms with Gasteiger partial charge in [0.15, 0.2) is 0 Å². The molecule has 0 bridgehead atoms. The number of carbonyl (C=O) groups is 1. The Morgan fingerprint density at radius 3 is 3.00 bits per heavy atom. The Hall–Kier alpha value is -1.61. The summed E-state index contributed by atoms with van der Waals surface area (Å²) in [5.74, 6) is 0.497. The van der Waals surface area contributed by atoms with E-state index in [0.29, 0.717) is 18.9 Å². The van der Waals surface area contributed by atoms with E-state index < -0.39 is 0 Å². The number of nitrogens with two attached hydrogens (primary N) is 1. The first-order valence-electron chi connectivity index (χ1n) is 5.98. The Morgan fingerprint density at radius 1 is 1.53 bits per heavy atom. The van der Waals surface area contributed by atoms with E-state index in [1.165, 1.54) is 5.56 Å². The van der Waals surface area contributed by atoms with Crippen molar-refractivity contribution < 1.29 is 4.79 Å². The molecule has 0 saturated heterocycles. The smallest absolute Gasteiger partial charge is 0.230 e. The van der Waals surface area contributed by atoms with E-state index in [1.54, 1.807) is 6.08 Å². The summed E-state index contributed by atoms with van der Waals surface area (Å²) in [6.07, 6.45) is 2.97. The predicted molar refractivity (Wildman–Crippen MR) is 70.0 cm³/mol. The highest BCUT2D eigenvalue weighted by atomic mass is 16.2. The van der Waals surface area contributed by atoms with Gasteiger partial charge in [-0.3, -0.25) is 4.79 Å². The fourth-order valence-electron chi connectivity index (χ4n) is 2.41. The Labute approximate surface area is 102 Å². The summed E-state index contributed by atoms with van der Waals surface area (Å²) in [6.45, 7) is 5.02. The van der Waals surface area contributed by atoms with Gasteiger partial charge in [0, 0.05) is 24.6 Å². The number of carbonyl (C=O) groups excluding carboxylic acids is 1. The van der Waals surface area contributed by atoms with Crippen LogP contribution in [0.4, 0.5) is 5.69 Å². The lowest BCUT2D eigenvalue weighted by Crippen LogP contribution is -2.29. The molecule has 2 N–H and O–H groups in total. The fraction of sp³-hybridized carbons (Fsp3) is 0.357. The van der Waals surface area contributed by atoms with Crippen molar-refractivity contribution in [3.05, 3.63) is 42.5 Å². The van der Waals surface area contributed by atoms with Crippen LogP contribution in [0.2, 0.25) is 0 Å². The summed E-state index contributed by atoms with van der Waals surface area (Å²) < 4.78 is 0. The normalized spacial score (nSPS) is 17.9. The van der Waals surface area contributed by atoms with Crippen LogP contribution in [0.3, 0.4) is 0 Å². The second-order valence-electron chi connectivity index (χ2n) is 4.33. The quantitative estimate of drug-likeness (QED) is 0.805. The standard InChI is InChI=1S/C14H18N2O/c1-2-5-14(17)16-10-11(8-9-15)12-6-3-4-7-13(12)16/h2-4,6-7,11H,1,5,8-10,15H2. The highest BCUT2D eigenvalue weighted by Gasteiger charge is 2.30. The van der Waals surface area contributed by atoms with Crippen LogP contribution < -0.4 is 10.6 Å². The molecule has 1 unspecified atom stereocenters. The van der Waals surface area contributed by atoms with Gasteiger partial charge in [0.1, 0.15) is 0 Å². The molecule has 3 heteroatoms. The molecule has 0 spiro atoms. The van der Waals surface area contributed by atoms with Gasteiger partial charge in [-0.1, -0.05) is 24.3 Å². The Balaban J connectivity index is 2.27. The first kappa shape index (κ1) is 11.9. The predicted octanol–water partition coefficient (Wildman–Crippen LogP) is 2.04. The molecule has 17 heavy (non-hydrogen) atoms. The van der Waals surface area contributed by atoms with E-state index in [9.17, 15) is 4.79 Å². The zero-order chi connectivity index (χ0) is 12.3. The molecule has 1 aromatic rings.